The van der Waals surface area contributed by atoms with E-state index in [1.165, 1.54) is 6.20 Å². The van der Waals surface area contributed by atoms with Crippen LogP contribution in [-0.2, 0) is 5.41 Å². The van der Waals surface area contributed by atoms with Crippen LogP contribution in [0.1, 0.15) is 60.4 Å². The Morgan fingerprint density at radius 1 is 1.50 bits per heavy atom. The summed E-state index contributed by atoms with van der Waals surface area (Å²) in [6, 6.07) is 0. The lowest BCUT2D eigenvalue weighted by Gasteiger charge is -2.10. The molecule has 4 heteroatoms. The third-order valence-corrected chi connectivity index (χ3v) is 3.55. The van der Waals surface area contributed by atoms with Crippen LogP contribution in [0.2, 0.25) is 0 Å². The third kappa shape index (κ3) is 1.49. The average molecular weight is 218 g/mol. The van der Waals surface area contributed by atoms with E-state index in [0.717, 1.165) is 37.2 Å². The summed E-state index contributed by atoms with van der Waals surface area (Å²) in [5, 5.41) is 9.07. The van der Waals surface area contributed by atoms with Crippen LogP contribution in [0.5, 0.6) is 0 Å². The fourth-order valence-electron chi connectivity index (χ4n) is 1.93. The molecule has 0 atom stereocenters. The van der Waals surface area contributed by atoms with E-state index in [4.69, 9.17) is 5.11 Å². The lowest BCUT2D eigenvalue weighted by Crippen LogP contribution is -2.13. The van der Waals surface area contributed by atoms with Gasteiger partial charge in [0.15, 0.2) is 0 Å². The Morgan fingerprint density at radius 3 is 2.69 bits per heavy atom. The molecular formula is C12H14N2O2. The minimum absolute atomic E-state index is 0.112. The molecule has 84 valence electrons. The second kappa shape index (κ2) is 3.03. The van der Waals surface area contributed by atoms with Crippen LogP contribution in [0.25, 0.3) is 0 Å². The van der Waals surface area contributed by atoms with Crippen molar-refractivity contribution in [1.29, 1.82) is 0 Å². The molecule has 0 saturated heterocycles. The van der Waals surface area contributed by atoms with E-state index in [-0.39, 0.29) is 11.0 Å². The fourth-order valence-corrected chi connectivity index (χ4v) is 1.93. The molecular weight excluding hydrogens is 204 g/mol. The first-order chi connectivity index (χ1) is 7.60. The van der Waals surface area contributed by atoms with Gasteiger partial charge in [0, 0.05) is 17.5 Å². The van der Waals surface area contributed by atoms with Crippen molar-refractivity contribution in [2.45, 2.75) is 43.9 Å². The largest absolute Gasteiger partial charge is 0.478 e. The number of hydrogen-bond acceptors (Lipinski definition) is 3. The molecule has 3 rings (SSSR count). The monoisotopic (exact) mass is 218 g/mol. The highest BCUT2D eigenvalue weighted by Crippen LogP contribution is 2.47. The molecule has 1 N–H and O–H groups in total. The standard InChI is InChI=1S/C12H14N2O2/c1-12(4-5-12)11-13-6-8(10(15)16)9(14-11)7-2-3-7/h6-7H,2-5H2,1H3,(H,15,16). The average Bonchev–Trinajstić information content (AvgIpc) is 3.11. The third-order valence-electron chi connectivity index (χ3n) is 3.55. The molecule has 0 aliphatic heterocycles. The first-order valence-corrected chi connectivity index (χ1v) is 5.71. The smallest absolute Gasteiger partial charge is 0.339 e. The van der Waals surface area contributed by atoms with Gasteiger partial charge in [-0.15, -0.1) is 0 Å². The fraction of sp³-hybridized carbons (Fsp3) is 0.583. The molecule has 0 bridgehead atoms. The Bertz CT molecular complexity index is 462. The van der Waals surface area contributed by atoms with Gasteiger partial charge in [0.25, 0.3) is 0 Å². The predicted octanol–water partition coefficient (Wildman–Crippen LogP) is 2.10. The lowest BCUT2D eigenvalue weighted by molar-refractivity contribution is 0.0694. The summed E-state index contributed by atoms with van der Waals surface area (Å²) < 4.78 is 0. The number of aromatic carboxylic acids is 1. The van der Waals surface area contributed by atoms with Crippen molar-refractivity contribution in [3.05, 3.63) is 23.3 Å². The van der Waals surface area contributed by atoms with Crippen molar-refractivity contribution in [3.63, 3.8) is 0 Å². The second-order valence-corrected chi connectivity index (χ2v) is 5.13. The Labute approximate surface area is 93.7 Å². The Kier molecular flexibility index (Phi) is 1.85. The SMILES string of the molecule is CC1(c2ncc(C(=O)O)c(C3CC3)n2)CC1. The van der Waals surface area contributed by atoms with Gasteiger partial charge in [-0.3, -0.25) is 0 Å². The Hall–Kier alpha value is -1.45. The molecule has 2 saturated carbocycles. The molecule has 2 fully saturated rings. The van der Waals surface area contributed by atoms with Gasteiger partial charge in [0.05, 0.1) is 11.3 Å². The van der Waals surface area contributed by atoms with E-state index in [9.17, 15) is 4.79 Å². The highest BCUT2D eigenvalue weighted by molar-refractivity contribution is 5.88. The molecule has 2 aliphatic carbocycles. The van der Waals surface area contributed by atoms with Crippen LogP contribution < -0.4 is 0 Å². The van der Waals surface area contributed by atoms with E-state index >= 15 is 0 Å². The van der Waals surface area contributed by atoms with Crippen molar-refractivity contribution in [1.82, 2.24) is 9.97 Å². The quantitative estimate of drug-likeness (QED) is 0.843. The van der Waals surface area contributed by atoms with Gasteiger partial charge < -0.3 is 5.11 Å². The van der Waals surface area contributed by atoms with Crippen molar-refractivity contribution in [2.24, 2.45) is 0 Å². The summed E-state index contributed by atoms with van der Waals surface area (Å²) in [6.45, 7) is 2.14. The number of carboxylic acid groups (broad SMARTS) is 1. The minimum Gasteiger partial charge on any atom is -0.478 e. The second-order valence-electron chi connectivity index (χ2n) is 5.13. The molecule has 0 amide bonds. The van der Waals surface area contributed by atoms with Gasteiger partial charge in [-0.05, 0) is 25.7 Å². The molecule has 16 heavy (non-hydrogen) atoms. The zero-order valence-electron chi connectivity index (χ0n) is 9.23. The van der Waals surface area contributed by atoms with Crippen LogP contribution in [-0.4, -0.2) is 21.0 Å². The highest BCUT2D eigenvalue weighted by atomic mass is 16.4. The van der Waals surface area contributed by atoms with E-state index in [1.54, 1.807) is 0 Å². The predicted molar refractivity (Wildman–Crippen MR) is 57.6 cm³/mol. The number of carboxylic acids is 1. The van der Waals surface area contributed by atoms with Crippen LogP contribution in [0.15, 0.2) is 6.20 Å². The zero-order valence-corrected chi connectivity index (χ0v) is 9.23. The van der Waals surface area contributed by atoms with Crippen LogP contribution in [0, 0.1) is 0 Å². The maximum absolute atomic E-state index is 11.1. The maximum atomic E-state index is 11.1. The molecule has 0 spiro atoms. The van der Waals surface area contributed by atoms with Gasteiger partial charge in [-0.1, -0.05) is 6.92 Å². The van der Waals surface area contributed by atoms with E-state index < -0.39 is 5.97 Å². The van der Waals surface area contributed by atoms with Gasteiger partial charge in [-0.25, -0.2) is 14.8 Å². The number of hydrogen-bond donors (Lipinski definition) is 1. The van der Waals surface area contributed by atoms with Crippen molar-refractivity contribution >= 4 is 5.97 Å². The molecule has 1 heterocycles. The summed E-state index contributed by atoms with van der Waals surface area (Å²) in [7, 11) is 0. The van der Waals surface area contributed by atoms with Crippen molar-refractivity contribution < 1.29 is 9.90 Å². The van der Waals surface area contributed by atoms with Crippen LogP contribution in [0.3, 0.4) is 0 Å². The zero-order chi connectivity index (χ0) is 11.3. The lowest BCUT2D eigenvalue weighted by atomic mass is 10.1. The topological polar surface area (TPSA) is 63.1 Å². The molecule has 0 unspecified atom stereocenters. The molecule has 0 aromatic carbocycles. The molecule has 1 aromatic heterocycles. The summed E-state index contributed by atoms with van der Waals surface area (Å²) in [6.07, 6.45) is 5.84. The summed E-state index contributed by atoms with van der Waals surface area (Å²) in [5.41, 5.74) is 1.15. The van der Waals surface area contributed by atoms with E-state index in [0.29, 0.717) is 5.92 Å². The Balaban J connectivity index is 2.05. The van der Waals surface area contributed by atoms with E-state index in [1.807, 2.05) is 0 Å². The van der Waals surface area contributed by atoms with Gasteiger partial charge >= 0.3 is 5.97 Å². The van der Waals surface area contributed by atoms with Gasteiger partial charge in [0.2, 0.25) is 0 Å². The first-order valence-electron chi connectivity index (χ1n) is 5.71. The number of nitrogens with zero attached hydrogens (tertiary/aromatic N) is 2. The minimum atomic E-state index is -0.908. The van der Waals surface area contributed by atoms with E-state index in [2.05, 4.69) is 16.9 Å². The Morgan fingerprint density at radius 2 is 2.19 bits per heavy atom. The molecule has 0 radical (unpaired) electrons. The number of aromatic nitrogens is 2. The highest BCUT2D eigenvalue weighted by Gasteiger charge is 2.43. The number of carbonyl (C=O) groups is 1. The van der Waals surface area contributed by atoms with Gasteiger partial charge in [0.1, 0.15) is 5.82 Å². The molecule has 1 aromatic rings. The normalized spacial score (nSPS) is 21.8. The molecule has 2 aliphatic rings. The summed E-state index contributed by atoms with van der Waals surface area (Å²) >= 11 is 0. The van der Waals surface area contributed by atoms with Crippen LogP contribution in [0.4, 0.5) is 0 Å². The van der Waals surface area contributed by atoms with Crippen LogP contribution >= 0.6 is 0 Å². The van der Waals surface area contributed by atoms with Crippen molar-refractivity contribution in [3.8, 4) is 0 Å². The summed E-state index contributed by atoms with van der Waals surface area (Å²) in [5.74, 6) is 0.281. The first kappa shape index (κ1) is 9.75. The maximum Gasteiger partial charge on any atom is 0.339 e. The number of rotatable bonds is 3. The molecule has 4 nitrogen and oxygen atoms in total. The summed E-state index contributed by atoms with van der Waals surface area (Å²) in [4.78, 5) is 19.8. The van der Waals surface area contributed by atoms with Crippen molar-refractivity contribution in [2.75, 3.05) is 0 Å². The van der Waals surface area contributed by atoms with Gasteiger partial charge in [-0.2, -0.15) is 0 Å².